The minimum atomic E-state index is -0.546. The van der Waals surface area contributed by atoms with Gasteiger partial charge in [-0.15, -0.1) is 0 Å². The number of amides is 2. The number of hydrogen-bond acceptors (Lipinski definition) is 5. The van der Waals surface area contributed by atoms with Crippen LogP contribution in [-0.4, -0.2) is 29.9 Å². The average molecular weight is 409 g/mol. The third kappa shape index (κ3) is 3.98. The summed E-state index contributed by atoms with van der Waals surface area (Å²) in [7, 11) is 0. The fourth-order valence-corrected chi connectivity index (χ4v) is 4.01. The van der Waals surface area contributed by atoms with Crippen molar-refractivity contribution in [3.8, 4) is 5.75 Å². The Balaban J connectivity index is 1.48. The Morgan fingerprint density at radius 3 is 2.73 bits per heavy atom. The Kier molecular flexibility index (Phi) is 5.39. The van der Waals surface area contributed by atoms with Crippen LogP contribution in [-0.2, 0) is 22.4 Å². The smallest absolute Gasteiger partial charge is 0.271 e. The first kappa shape index (κ1) is 19.9. The number of anilines is 1. The summed E-state index contributed by atoms with van der Waals surface area (Å²) in [6.07, 6.45) is 4.55. The zero-order valence-electron chi connectivity index (χ0n) is 16.7. The predicted molar refractivity (Wildman–Crippen MR) is 111 cm³/mol. The molecule has 2 aliphatic rings. The first-order valence-electron chi connectivity index (χ1n) is 10.0. The van der Waals surface area contributed by atoms with Crippen LogP contribution in [0.4, 0.5) is 11.4 Å². The number of nitro groups is 1. The van der Waals surface area contributed by atoms with Crippen LogP contribution in [0.2, 0.25) is 0 Å². The van der Waals surface area contributed by atoms with E-state index in [2.05, 4.69) is 17.4 Å². The van der Waals surface area contributed by atoms with E-state index < -0.39 is 10.8 Å². The molecule has 1 N–H and O–H groups in total. The number of aryl methyl sites for hydroxylation is 2. The first-order valence-corrected chi connectivity index (χ1v) is 10.0. The van der Waals surface area contributed by atoms with Gasteiger partial charge in [-0.1, -0.05) is 18.2 Å². The van der Waals surface area contributed by atoms with Gasteiger partial charge < -0.3 is 10.1 Å². The van der Waals surface area contributed by atoms with Crippen molar-refractivity contribution in [1.29, 1.82) is 0 Å². The van der Waals surface area contributed by atoms with Crippen molar-refractivity contribution in [3.63, 3.8) is 0 Å². The Bertz CT molecular complexity index is 1020. The van der Waals surface area contributed by atoms with E-state index in [1.54, 1.807) is 0 Å². The molecule has 8 heteroatoms. The van der Waals surface area contributed by atoms with Gasteiger partial charge in [0.15, 0.2) is 6.61 Å². The minimum absolute atomic E-state index is 0.167. The Morgan fingerprint density at radius 2 is 1.97 bits per heavy atom. The standard InChI is InChI=1S/C22H23N3O5/c1-14(16-7-6-15-4-2-3-5-17(15)10-16)23-21(26)12-24-19-11-18(25(28)29)8-9-20(19)30-13-22(24)27/h6-11,14H,2-5,12-13H2,1H3,(H,23,26)/t14-/m1/s1. The lowest BCUT2D eigenvalue weighted by molar-refractivity contribution is -0.384. The van der Waals surface area contributed by atoms with Gasteiger partial charge in [0.05, 0.1) is 16.7 Å². The highest BCUT2D eigenvalue weighted by atomic mass is 16.6. The first-order chi connectivity index (χ1) is 14.4. The molecule has 0 spiro atoms. The van der Waals surface area contributed by atoms with E-state index >= 15 is 0 Å². The van der Waals surface area contributed by atoms with Crippen LogP contribution >= 0.6 is 0 Å². The molecule has 0 saturated heterocycles. The molecule has 30 heavy (non-hydrogen) atoms. The van der Waals surface area contributed by atoms with Gasteiger partial charge in [0.1, 0.15) is 12.3 Å². The van der Waals surface area contributed by atoms with E-state index in [1.165, 1.54) is 47.1 Å². The van der Waals surface area contributed by atoms with Crippen molar-refractivity contribution in [2.24, 2.45) is 0 Å². The summed E-state index contributed by atoms with van der Waals surface area (Å²) in [6.45, 7) is 1.46. The van der Waals surface area contributed by atoms with Crippen molar-refractivity contribution in [2.45, 2.75) is 38.6 Å². The number of nitrogens with zero attached hydrogens (tertiary/aromatic N) is 2. The molecule has 0 fully saturated rings. The van der Waals surface area contributed by atoms with E-state index in [9.17, 15) is 19.7 Å². The van der Waals surface area contributed by atoms with Crippen LogP contribution in [0.15, 0.2) is 36.4 Å². The monoisotopic (exact) mass is 409 g/mol. The highest BCUT2D eigenvalue weighted by Crippen LogP contribution is 2.35. The third-order valence-electron chi connectivity index (χ3n) is 5.65. The largest absolute Gasteiger partial charge is 0.482 e. The number of fused-ring (bicyclic) bond motifs is 2. The van der Waals surface area contributed by atoms with Gasteiger partial charge in [-0.3, -0.25) is 24.6 Å². The number of carbonyl (C=O) groups excluding carboxylic acids is 2. The Morgan fingerprint density at radius 1 is 1.20 bits per heavy atom. The molecule has 0 bridgehead atoms. The average Bonchev–Trinajstić information content (AvgIpc) is 2.75. The molecule has 156 valence electrons. The minimum Gasteiger partial charge on any atom is -0.482 e. The summed E-state index contributed by atoms with van der Waals surface area (Å²) in [6, 6.07) is 10.1. The van der Waals surface area contributed by atoms with Crippen molar-refractivity contribution in [3.05, 3.63) is 63.2 Å². The molecule has 1 aliphatic heterocycles. The fraction of sp³-hybridized carbons (Fsp3) is 0.364. The van der Waals surface area contributed by atoms with E-state index in [1.807, 2.05) is 13.0 Å². The lowest BCUT2D eigenvalue weighted by atomic mass is 9.89. The second kappa shape index (κ2) is 8.14. The molecule has 8 nitrogen and oxygen atoms in total. The predicted octanol–water partition coefficient (Wildman–Crippen LogP) is 3.08. The van der Waals surface area contributed by atoms with Crippen LogP contribution in [0.1, 0.15) is 42.5 Å². The maximum atomic E-state index is 12.7. The number of nitrogens with one attached hydrogen (secondary N) is 1. The third-order valence-corrected chi connectivity index (χ3v) is 5.65. The highest BCUT2D eigenvalue weighted by molar-refractivity contribution is 6.02. The van der Waals surface area contributed by atoms with Crippen LogP contribution in [0.3, 0.4) is 0 Å². The summed E-state index contributed by atoms with van der Waals surface area (Å²) >= 11 is 0. The van der Waals surface area contributed by atoms with Gasteiger partial charge in [0.25, 0.3) is 11.6 Å². The van der Waals surface area contributed by atoms with E-state index in [0.717, 1.165) is 18.4 Å². The molecule has 2 aromatic carbocycles. The molecule has 0 aromatic heterocycles. The van der Waals surface area contributed by atoms with E-state index in [4.69, 9.17) is 4.74 Å². The van der Waals surface area contributed by atoms with Gasteiger partial charge in [-0.25, -0.2) is 0 Å². The molecule has 2 aromatic rings. The SMILES string of the molecule is C[C@@H](NC(=O)CN1C(=O)COc2ccc([N+](=O)[O-])cc21)c1ccc2c(c1)CCCC2. The number of rotatable bonds is 5. The zero-order valence-corrected chi connectivity index (χ0v) is 16.7. The number of carbonyl (C=O) groups is 2. The Labute approximate surface area is 174 Å². The molecule has 1 heterocycles. The second-order valence-electron chi connectivity index (χ2n) is 7.70. The Hall–Kier alpha value is -3.42. The lowest BCUT2D eigenvalue weighted by Crippen LogP contribution is -2.45. The van der Waals surface area contributed by atoms with Crippen molar-refractivity contribution < 1.29 is 19.2 Å². The van der Waals surface area contributed by atoms with Crippen LogP contribution in [0.25, 0.3) is 0 Å². The lowest BCUT2D eigenvalue weighted by Gasteiger charge is -2.29. The molecule has 0 radical (unpaired) electrons. The van der Waals surface area contributed by atoms with Gasteiger partial charge in [-0.05, 0) is 55.4 Å². The summed E-state index contributed by atoms with van der Waals surface area (Å²) in [5.41, 5.74) is 3.80. The van der Waals surface area contributed by atoms with E-state index in [-0.39, 0.29) is 36.5 Å². The molecule has 0 saturated carbocycles. The summed E-state index contributed by atoms with van der Waals surface area (Å²) in [5.74, 6) is -0.414. The summed E-state index contributed by atoms with van der Waals surface area (Å²) in [5, 5.41) is 14.0. The van der Waals surface area contributed by atoms with Crippen molar-refractivity contribution in [1.82, 2.24) is 5.32 Å². The van der Waals surface area contributed by atoms with Gasteiger partial charge in [0, 0.05) is 12.1 Å². The molecule has 2 amide bonds. The number of nitro benzene ring substituents is 1. The molecular formula is C22H23N3O5. The van der Waals surface area contributed by atoms with Gasteiger partial charge in [-0.2, -0.15) is 0 Å². The molecule has 4 rings (SSSR count). The number of benzene rings is 2. The normalized spacial score (nSPS) is 16.2. The van der Waals surface area contributed by atoms with Gasteiger partial charge >= 0.3 is 0 Å². The quantitative estimate of drug-likeness (QED) is 0.604. The highest BCUT2D eigenvalue weighted by Gasteiger charge is 2.29. The fourth-order valence-electron chi connectivity index (χ4n) is 4.01. The molecule has 1 aliphatic carbocycles. The molecular weight excluding hydrogens is 386 g/mol. The molecule has 1 atom stereocenters. The van der Waals surface area contributed by atoms with E-state index in [0.29, 0.717) is 5.75 Å². The number of ether oxygens (including phenoxy) is 1. The maximum absolute atomic E-state index is 12.7. The molecule has 0 unspecified atom stereocenters. The maximum Gasteiger partial charge on any atom is 0.271 e. The van der Waals surface area contributed by atoms with Gasteiger partial charge in [0.2, 0.25) is 5.91 Å². The van der Waals surface area contributed by atoms with Crippen LogP contribution in [0, 0.1) is 10.1 Å². The second-order valence-corrected chi connectivity index (χ2v) is 7.70. The summed E-state index contributed by atoms with van der Waals surface area (Å²) in [4.78, 5) is 36.8. The number of hydrogen-bond donors (Lipinski definition) is 1. The topological polar surface area (TPSA) is 102 Å². The van der Waals surface area contributed by atoms with Crippen LogP contribution < -0.4 is 15.0 Å². The zero-order chi connectivity index (χ0) is 21.3. The van der Waals surface area contributed by atoms with Crippen molar-refractivity contribution >= 4 is 23.2 Å². The van der Waals surface area contributed by atoms with Crippen molar-refractivity contribution in [2.75, 3.05) is 18.1 Å². The van der Waals surface area contributed by atoms with Crippen LogP contribution in [0.5, 0.6) is 5.75 Å². The number of non-ortho nitro benzene ring substituents is 1. The summed E-state index contributed by atoms with van der Waals surface area (Å²) < 4.78 is 5.34.